The number of amides is 1. The van der Waals surface area contributed by atoms with Crippen LogP contribution in [-0.4, -0.2) is 17.4 Å². The van der Waals surface area contributed by atoms with Crippen molar-refractivity contribution < 1.29 is 4.79 Å². The highest BCUT2D eigenvalue weighted by Crippen LogP contribution is 2.15. The molecule has 0 saturated heterocycles. The predicted octanol–water partition coefficient (Wildman–Crippen LogP) is 1.85. The Morgan fingerprint density at radius 3 is 3.07 bits per heavy atom. The average molecular weight is 228 g/mol. The first-order chi connectivity index (χ1) is 7.15. The van der Waals surface area contributed by atoms with Gasteiger partial charge < -0.3 is 11.1 Å². The molecule has 0 atom stereocenters. The van der Waals surface area contributed by atoms with Crippen LogP contribution in [0.3, 0.4) is 0 Å². The summed E-state index contributed by atoms with van der Waals surface area (Å²) in [6.07, 6.45) is 3.40. The fourth-order valence-electron chi connectivity index (χ4n) is 1.10. The van der Waals surface area contributed by atoms with Gasteiger partial charge in [-0.1, -0.05) is 24.9 Å². The van der Waals surface area contributed by atoms with E-state index in [0.29, 0.717) is 17.8 Å². The zero-order valence-corrected chi connectivity index (χ0v) is 9.34. The molecule has 1 aromatic rings. The fraction of sp³-hybridized carbons (Fsp3) is 0.400. The second kappa shape index (κ2) is 5.56. The molecule has 0 fully saturated rings. The molecular weight excluding hydrogens is 214 g/mol. The van der Waals surface area contributed by atoms with Crippen molar-refractivity contribution in [2.24, 2.45) is 0 Å². The van der Waals surface area contributed by atoms with Crippen molar-refractivity contribution in [3.05, 3.63) is 23.0 Å². The van der Waals surface area contributed by atoms with Crippen LogP contribution >= 0.6 is 11.6 Å². The molecule has 0 saturated carbocycles. The van der Waals surface area contributed by atoms with Gasteiger partial charge in [0.15, 0.2) is 0 Å². The summed E-state index contributed by atoms with van der Waals surface area (Å²) < 4.78 is 0. The summed E-state index contributed by atoms with van der Waals surface area (Å²) in [5.74, 6) is -0.228. The fourth-order valence-corrected chi connectivity index (χ4v) is 1.29. The molecule has 0 unspecified atom stereocenters. The molecule has 1 amide bonds. The lowest BCUT2D eigenvalue weighted by molar-refractivity contribution is 0.0953. The summed E-state index contributed by atoms with van der Waals surface area (Å²) in [6, 6.07) is 1.52. The molecular formula is C10H14ClN3O. The van der Waals surface area contributed by atoms with Crippen molar-refractivity contribution in [3.63, 3.8) is 0 Å². The van der Waals surface area contributed by atoms with Crippen molar-refractivity contribution in [2.75, 3.05) is 12.3 Å². The Hall–Kier alpha value is -1.29. The van der Waals surface area contributed by atoms with Crippen LogP contribution in [0, 0.1) is 0 Å². The Bertz CT molecular complexity index is 355. The van der Waals surface area contributed by atoms with E-state index in [2.05, 4.69) is 17.2 Å². The summed E-state index contributed by atoms with van der Waals surface area (Å²) >= 11 is 5.78. The number of pyridine rings is 1. The van der Waals surface area contributed by atoms with E-state index in [1.54, 1.807) is 0 Å². The van der Waals surface area contributed by atoms with Crippen LogP contribution < -0.4 is 11.1 Å². The Kier molecular flexibility index (Phi) is 4.37. The maximum atomic E-state index is 11.6. The third kappa shape index (κ3) is 3.40. The third-order valence-corrected chi connectivity index (χ3v) is 2.22. The van der Waals surface area contributed by atoms with Gasteiger partial charge in [-0.25, -0.2) is 4.98 Å². The molecule has 0 aliphatic heterocycles. The highest BCUT2D eigenvalue weighted by Gasteiger charge is 2.10. The standard InChI is InChI=1S/C10H14ClN3O/c1-2-3-4-13-10(15)8-5-7(12)6-14-9(8)11/h5-6H,2-4,12H2,1H3,(H,13,15). The molecule has 3 N–H and O–H groups in total. The van der Waals surface area contributed by atoms with Gasteiger partial charge in [0, 0.05) is 6.54 Å². The van der Waals surface area contributed by atoms with Gasteiger partial charge in [0.25, 0.3) is 5.91 Å². The summed E-state index contributed by atoms with van der Waals surface area (Å²) in [6.45, 7) is 2.70. The second-order valence-corrected chi connectivity index (χ2v) is 3.57. The normalized spacial score (nSPS) is 10.0. The first kappa shape index (κ1) is 11.8. The maximum absolute atomic E-state index is 11.6. The number of halogens is 1. The van der Waals surface area contributed by atoms with Crippen LogP contribution in [0.15, 0.2) is 12.3 Å². The Labute approximate surface area is 93.8 Å². The number of unbranched alkanes of at least 4 members (excludes halogenated alkanes) is 1. The quantitative estimate of drug-likeness (QED) is 0.609. The van der Waals surface area contributed by atoms with E-state index in [9.17, 15) is 4.79 Å². The number of rotatable bonds is 4. The van der Waals surface area contributed by atoms with E-state index in [0.717, 1.165) is 12.8 Å². The molecule has 4 nitrogen and oxygen atoms in total. The van der Waals surface area contributed by atoms with Crippen molar-refractivity contribution in [3.8, 4) is 0 Å². The second-order valence-electron chi connectivity index (χ2n) is 3.22. The van der Waals surface area contributed by atoms with Crippen LogP contribution in [0.5, 0.6) is 0 Å². The minimum atomic E-state index is -0.228. The molecule has 0 aliphatic rings. The number of carbonyl (C=O) groups excluding carboxylic acids is 1. The van der Waals surface area contributed by atoms with Crippen molar-refractivity contribution in [1.29, 1.82) is 0 Å². The number of nitrogens with one attached hydrogen (secondary N) is 1. The first-order valence-corrected chi connectivity index (χ1v) is 5.22. The molecule has 0 spiro atoms. The Morgan fingerprint density at radius 1 is 1.67 bits per heavy atom. The molecule has 0 bridgehead atoms. The SMILES string of the molecule is CCCCNC(=O)c1cc(N)cnc1Cl. The van der Waals surface area contributed by atoms with Crippen LogP contribution in [-0.2, 0) is 0 Å². The summed E-state index contributed by atoms with van der Waals surface area (Å²) in [5.41, 5.74) is 6.28. The van der Waals surface area contributed by atoms with Crippen LogP contribution in [0.4, 0.5) is 5.69 Å². The number of carbonyl (C=O) groups is 1. The first-order valence-electron chi connectivity index (χ1n) is 4.84. The number of hydrogen-bond donors (Lipinski definition) is 2. The van der Waals surface area contributed by atoms with Crippen LogP contribution in [0.1, 0.15) is 30.1 Å². The number of nitrogens with zero attached hydrogens (tertiary/aromatic N) is 1. The van der Waals surface area contributed by atoms with Gasteiger partial charge in [-0.2, -0.15) is 0 Å². The molecule has 15 heavy (non-hydrogen) atoms. The van der Waals surface area contributed by atoms with Crippen LogP contribution in [0.2, 0.25) is 5.15 Å². The minimum absolute atomic E-state index is 0.179. The lowest BCUT2D eigenvalue weighted by Crippen LogP contribution is -2.25. The lowest BCUT2D eigenvalue weighted by Gasteiger charge is -2.05. The number of anilines is 1. The minimum Gasteiger partial charge on any atom is -0.397 e. The zero-order valence-electron chi connectivity index (χ0n) is 8.59. The van der Waals surface area contributed by atoms with Gasteiger partial charge in [-0.15, -0.1) is 0 Å². The Morgan fingerprint density at radius 2 is 2.40 bits per heavy atom. The lowest BCUT2D eigenvalue weighted by atomic mass is 10.2. The van der Waals surface area contributed by atoms with E-state index < -0.39 is 0 Å². The number of aromatic nitrogens is 1. The summed E-state index contributed by atoms with van der Waals surface area (Å²) in [7, 11) is 0. The highest BCUT2D eigenvalue weighted by molar-refractivity contribution is 6.32. The summed E-state index contributed by atoms with van der Waals surface area (Å²) in [5, 5.41) is 2.93. The van der Waals surface area contributed by atoms with Crippen LogP contribution in [0.25, 0.3) is 0 Å². The number of nitrogen functional groups attached to an aromatic ring is 1. The van der Waals surface area contributed by atoms with E-state index in [1.807, 2.05) is 0 Å². The van der Waals surface area contributed by atoms with E-state index >= 15 is 0 Å². The van der Waals surface area contributed by atoms with Crippen molar-refractivity contribution in [2.45, 2.75) is 19.8 Å². The molecule has 1 aromatic heterocycles. The topological polar surface area (TPSA) is 68.0 Å². The molecule has 5 heteroatoms. The van der Waals surface area contributed by atoms with E-state index in [4.69, 9.17) is 17.3 Å². The van der Waals surface area contributed by atoms with Gasteiger partial charge >= 0.3 is 0 Å². The molecule has 0 aromatic carbocycles. The monoisotopic (exact) mass is 227 g/mol. The number of hydrogen-bond acceptors (Lipinski definition) is 3. The predicted molar refractivity (Wildman–Crippen MR) is 60.9 cm³/mol. The maximum Gasteiger partial charge on any atom is 0.254 e. The smallest absolute Gasteiger partial charge is 0.254 e. The summed E-state index contributed by atoms with van der Waals surface area (Å²) in [4.78, 5) is 15.4. The van der Waals surface area contributed by atoms with E-state index in [1.165, 1.54) is 12.3 Å². The van der Waals surface area contributed by atoms with Gasteiger partial charge in [-0.05, 0) is 12.5 Å². The van der Waals surface area contributed by atoms with Gasteiger partial charge in [-0.3, -0.25) is 4.79 Å². The largest absolute Gasteiger partial charge is 0.397 e. The number of nitrogens with two attached hydrogens (primary N) is 1. The molecule has 82 valence electrons. The van der Waals surface area contributed by atoms with Crippen molar-refractivity contribution in [1.82, 2.24) is 10.3 Å². The zero-order chi connectivity index (χ0) is 11.3. The molecule has 0 radical (unpaired) electrons. The third-order valence-electron chi connectivity index (χ3n) is 1.92. The van der Waals surface area contributed by atoms with E-state index in [-0.39, 0.29) is 11.1 Å². The van der Waals surface area contributed by atoms with Gasteiger partial charge in [0.1, 0.15) is 5.15 Å². The van der Waals surface area contributed by atoms with Gasteiger partial charge in [0.05, 0.1) is 17.4 Å². The molecule has 1 rings (SSSR count). The molecule has 1 heterocycles. The van der Waals surface area contributed by atoms with Crippen molar-refractivity contribution >= 4 is 23.2 Å². The Balaban J connectivity index is 2.68. The molecule has 0 aliphatic carbocycles. The highest BCUT2D eigenvalue weighted by atomic mass is 35.5. The van der Waals surface area contributed by atoms with Gasteiger partial charge in [0.2, 0.25) is 0 Å². The average Bonchev–Trinajstić information content (AvgIpc) is 2.22.